The summed E-state index contributed by atoms with van der Waals surface area (Å²) in [7, 11) is 1.47. The standard InChI is InChI=1S/C25H23F6NO4/c1-3-36-23(34)21(14-5-4-6-18(12-14)35-2)15-7-9-17(11-15)32-22(33)19-10-8-16(24(26,27)28)13-20(19)25(29,30)31/h4-10,12-13,15,17,21H,3,11H2,1-2H3,(H,32,33)/t15-,17-,21-/m1/s1. The molecule has 0 unspecified atom stereocenters. The smallest absolute Gasteiger partial charge is 0.417 e. The van der Waals surface area contributed by atoms with Gasteiger partial charge in [-0.25, -0.2) is 0 Å². The third kappa shape index (κ3) is 6.19. The molecule has 0 saturated heterocycles. The van der Waals surface area contributed by atoms with Crippen molar-refractivity contribution in [3.63, 3.8) is 0 Å². The summed E-state index contributed by atoms with van der Waals surface area (Å²) in [6.07, 6.45) is -6.83. The minimum absolute atomic E-state index is 0.0816. The van der Waals surface area contributed by atoms with Gasteiger partial charge in [-0.3, -0.25) is 9.59 Å². The molecule has 0 aliphatic heterocycles. The van der Waals surface area contributed by atoms with E-state index in [0.29, 0.717) is 23.4 Å². The van der Waals surface area contributed by atoms with E-state index in [0.717, 1.165) is 0 Å². The number of rotatable bonds is 7. The second-order valence-electron chi connectivity index (χ2n) is 8.13. The number of ether oxygens (including phenoxy) is 2. The first-order valence-corrected chi connectivity index (χ1v) is 10.9. The number of amides is 1. The van der Waals surface area contributed by atoms with Gasteiger partial charge in [-0.1, -0.05) is 24.3 Å². The molecule has 5 nitrogen and oxygen atoms in total. The summed E-state index contributed by atoms with van der Waals surface area (Å²) in [6.45, 7) is 1.78. The first-order valence-electron chi connectivity index (χ1n) is 10.9. The summed E-state index contributed by atoms with van der Waals surface area (Å²) in [5, 5.41) is 2.41. The van der Waals surface area contributed by atoms with Crippen LogP contribution in [-0.4, -0.2) is 31.6 Å². The lowest BCUT2D eigenvalue weighted by atomic mass is 9.85. The van der Waals surface area contributed by atoms with Crippen LogP contribution in [0.3, 0.4) is 0 Å². The monoisotopic (exact) mass is 515 g/mol. The Morgan fingerprint density at radius 2 is 1.75 bits per heavy atom. The molecule has 0 bridgehead atoms. The molecule has 2 aromatic carbocycles. The Morgan fingerprint density at radius 3 is 2.36 bits per heavy atom. The lowest BCUT2D eigenvalue weighted by molar-refractivity contribution is -0.146. The van der Waals surface area contributed by atoms with Crippen molar-refractivity contribution in [2.75, 3.05) is 13.7 Å². The normalized spacial score (nSPS) is 18.6. The summed E-state index contributed by atoms with van der Waals surface area (Å²) in [5.74, 6) is -2.42. The minimum Gasteiger partial charge on any atom is -0.497 e. The topological polar surface area (TPSA) is 64.6 Å². The fourth-order valence-corrected chi connectivity index (χ4v) is 4.11. The molecule has 0 aromatic heterocycles. The van der Waals surface area contributed by atoms with Crippen LogP contribution in [0.5, 0.6) is 5.75 Å². The van der Waals surface area contributed by atoms with E-state index in [1.54, 1.807) is 37.3 Å². The van der Waals surface area contributed by atoms with Crippen molar-refractivity contribution in [3.8, 4) is 5.75 Å². The molecule has 2 aromatic rings. The summed E-state index contributed by atoms with van der Waals surface area (Å²) >= 11 is 0. The van der Waals surface area contributed by atoms with Crippen LogP contribution >= 0.6 is 0 Å². The second-order valence-corrected chi connectivity index (χ2v) is 8.13. The fraction of sp³-hybridized carbons (Fsp3) is 0.360. The van der Waals surface area contributed by atoms with Crippen LogP contribution in [0, 0.1) is 5.92 Å². The van der Waals surface area contributed by atoms with Gasteiger partial charge < -0.3 is 14.8 Å². The van der Waals surface area contributed by atoms with Crippen molar-refractivity contribution >= 4 is 11.9 Å². The maximum Gasteiger partial charge on any atom is 0.417 e. The molecule has 3 rings (SSSR count). The average Bonchev–Trinajstić information content (AvgIpc) is 3.25. The van der Waals surface area contributed by atoms with E-state index in [1.807, 2.05) is 0 Å². The predicted octanol–water partition coefficient (Wildman–Crippen LogP) is 5.75. The van der Waals surface area contributed by atoms with Crippen molar-refractivity contribution in [3.05, 3.63) is 76.9 Å². The van der Waals surface area contributed by atoms with E-state index in [-0.39, 0.29) is 19.1 Å². The number of allylic oxidation sites excluding steroid dienone is 1. The first kappa shape index (κ1) is 27.1. The highest BCUT2D eigenvalue weighted by Crippen LogP contribution is 2.38. The van der Waals surface area contributed by atoms with Crippen LogP contribution in [0.1, 0.15) is 46.3 Å². The maximum atomic E-state index is 13.4. The molecule has 194 valence electrons. The summed E-state index contributed by atoms with van der Waals surface area (Å²) in [5.41, 5.74) is -3.53. The zero-order valence-corrected chi connectivity index (χ0v) is 19.2. The summed E-state index contributed by atoms with van der Waals surface area (Å²) < 4.78 is 89.5. The summed E-state index contributed by atoms with van der Waals surface area (Å²) in [4.78, 5) is 25.4. The van der Waals surface area contributed by atoms with Gasteiger partial charge in [0.15, 0.2) is 0 Å². The first-order chi connectivity index (χ1) is 16.8. The van der Waals surface area contributed by atoms with Crippen LogP contribution in [0.4, 0.5) is 26.3 Å². The number of methoxy groups -OCH3 is 1. The van der Waals surface area contributed by atoms with Crippen molar-refractivity contribution in [1.29, 1.82) is 0 Å². The number of hydrogen-bond donors (Lipinski definition) is 1. The van der Waals surface area contributed by atoms with E-state index < -0.39 is 58.8 Å². The molecule has 3 atom stereocenters. The number of carbonyl (C=O) groups is 2. The molecule has 0 spiro atoms. The van der Waals surface area contributed by atoms with Gasteiger partial charge in [-0.05, 0) is 55.2 Å². The van der Waals surface area contributed by atoms with Gasteiger partial charge in [0.2, 0.25) is 0 Å². The Hall–Kier alpha value is -3.50. The Kier molecular flexibility index (Phi) is 8.00. The van der Waals surface area contributed by atoms with E-state index in [4.69, 9.17) is 9.47 Å². The highest BCUT2D eigenvalue weighted by molar-refractivity contribution is 5.96. The number of alkyl halides is 6. The molecule has 0 saturated carbocycles. The predicted molar refractivity (Wildman–Crippen MR) is 117 cm³/mol. The van der Waals surface area contributed by atoms with Crippen molar-refractivity contribution in [1.82, 2.24) is 5.32 Å². The average molecular weight is 515 g/mol. The van der Waals surface area contributed by atoms with Gasteiger partial charge in [0, 0.05) is 6.04 Å². The van der Waals surface area contributed by atoms with E-state index in [2.05, 4.69) is 5.32 Å². The number of esters is 1. The van der Waals surface area contributed by atoms with Gasteiger partial charge in [0.25, 0.3) is 5.91 Å². The molecular formula is C25H23F6NO4. The molecule has 1 aliphatic carbocycles. The van der Waals surface area contributed by atoms with Crippen molar-refractivity contribution in [2.45, 2.75) is 37.7 Å². The maximum absolute atomic E-state index is 13.4. The number of hydrogen-bond acceptors (Lipinski definition) is 4. The number of nitrogens with one attached hydrogen (secondary N) is 1. The van der Waals surface area contributed by atoms with Crippen LogP contribution in [-0.2, 0) is 21.9 Å². The van der Waals surface area contributed by atoms with Gasteiger partial charge in [0.05, 0.1) is 36.3 Å². The summed E-state index contributed by atoms with van der Waals surface area (Å²) in [6, 6.07) is 6.87. The van der Waals surface area contributed by atoms with E-state index in [9.17, 15) is 35.9 Å². The Balaban J connectivity index is 1.82. The minimum atomic E-state index is -5.18. The zero-order chi connectivity index (χ0) is 26.7. The zero-order valence-electron chi connectivity index (χ0n) is 19.2. The quantitative estimate of drug-likeness (QED) is 0.290. The molecule has 0 heterocycles. The largest absolute Gasteiger partial charge is 0.497 e. The molecule has 1 N–H and O–H groups in total. The van der Waals surface area contributed by atoms with Crippen LogP contribution in [0.15, 0.2) is 54.6 Å². The number of halogens is 6. The number of carbonyl (C=O) groups excluding carboxylic acids is 2. The highest BCUT2D eigenvalue weighted by atomic mass is 19.4. The Bertz CT molecular complexity index is 1140. The van der Waals surface area contributed by atoms with E-state index in [1.165, 1.54) is 13.2 Å². The van der Waals surface area contributed by atoms with Gasteiger partial charge in [0.1, 0.15) is 5.75 Å². The lowest BCUT2D eigenvalue weighted by Gasteiger charge is -2.23. The molecule has 0 fully saturated rings. The Morgan fingerprint density at radius 1 is 1.03 bits per heavy atom. The van der Waals surface area contributed by atoms with Crippen LogP contribution in [0.2, 0.25) is 0 Å². The van der Waals surface area contributed by atoms with Crippen LogP contribution < -0.4 is 10.1 Å². The molecule has 1 aliphatic rings. The molecule has 0 radical (unpaired) electrons. The number of benzene rings is 2. The fourth-order valence-electron chi connectivity index (χ4n) is 4.11. The van der Waals surface area contributed by atoms with Crippen molar-refractivity contribution < 1.29 is 45.4 Å². The Labute approximate surface area is 203 Å². The van der Waals surface area contributed by atoms with Gasteiger partial charge in [-0.2, -0.15) is 26.3 Å². The second kappa shape index (κ2) is 10.6. The lowest BCUT2D eigenvalue weighted by Crippen LogP contribution is -2.35. The molecular weight excluding hydrogens is 492 g/mol. The molecule has 11 heteroatoms. The molecule has 1 amide bonds. The SMILES string of the molecule is CCOC(=O)[C@H](c1cccc(OC)c1)[C@@H]1C=C[C@@H](NC(=O)c2ccc(C(F)(F)F)cc2C(F)(F)F)C1. The van der Waals surface area contributed by atoms with Crippen LogP contribution in [0.25, 0.3) is 0 Å². The van der Waals surface area contributed by atoms with Gasteiger partial charge >= 0.3 is 18.3 Å². The third-order valence-corrected chi connectivity index (χ3v) is 5.75. The molecule has 36 heavy (non-hydrogen) atoms. The van der Waals surface area contributed by atoms with Crippen molar-refractivity contribution in [2.24, 2.45) is 5.92 Å². The van der Waals surface area contributed by atoms with E-state index >= 15 is 0 Å². The van der Waals surface area contributed by atoms with Gasteiger partial charge in [-0.15, -0.1) is 0 Å². The third-order valence-electron chi connectivity index (χ3n) is 5.75. The highest BCUT2D eigenvalue weighted by Gasteiger charge is 2.40.